The lowest BCUT2D eigenvalue weighted by Crippen LogP contribution is -2.59. The molecule has 1 aliphatic rings. The fourth-order valence-electron chi connectivity index (χ4n) is 8.64. The number of rotatable bonds is 23. The molecule has 0 bridgehead atoms. The largest absolute Gasteiger partial charge is 0.494 e. The first-order chi connectivity index (χ1) is 35.4. The molecule has 21 heteroatoms. The van der Waals surface area contributed by atoms with E-state index in [4.69, 9.17) is 27.7 Å². The van der Waals surface area contributed by atoms with Gasteiger partial charge in [0.15, 0.2) is 11.6 Å². The molecule has 1 fully saturated rings. The van der Waals surface area contributed by atoms with Crippen LogP contribution >= 0.6 is 0 Å². The third kappa shape index (κ3) is 22.4. The predicted molar refractivity (Wildman–Crippen MR) is 280 cm³/mol. The summed E-state index contributed by atoms with van der Waals surface area (Å²) in [5.41, 5.74) is 24.4. The normalized spacial score (nSPS) is 22.6. The molecular weight excluding hydrogens is 951 g/mol. The molecule has 2 aromatic rings. The zero-order chi connectivity index (χ0) is 54.6. The molecule has 15 N–H and O–H groups in total. The summed E-state index contributed by atoms with van der Waals surface area (Å²) in [5.74, 6) is -7.30. The van der Waals surface area contributed by atoms with E-state index in [0.29, 0.717) is 17.7 Å². The Balaban J connectivity index is 2.05. The summed E-state index contributed by atoms with van der Waals surface area (Å²) in [6.07, 6.45) is -0.160. The van der Waals surface area contributed by atoms with Crippen molar-refractivity contribution in [1.82, 2.24) is 37.2 Å². The number of carbonyl (C=O) groups excluding carboxylic acids is 9. The van der Waals surface area contributed by atoms with Crippen LogP contribution in [0.1, 0.15) is 104 Å². The van der Waals surface area contributed by atoms with Gasteiger partial charge in [0.25, 0.3) is 0 Å². The van der Waals surface area contributed by atoms with Crippen molar-refractivity contribution in [3.63, 3.8) is 0 Å². The van der Waals surface area contributed by atoms with E-state index in [-0.39, 0.29) is 115 Å². The second kappa shape index (κ2) is 33.5. The van der Waals surface area contributed by atoms with Crippen LogP contribution in [0.15, 0.2) is 60.7 Å². The van der Waals surface area contributed by atoms with Gasteiger partial charge in [0.1, 0.15) is 29.9 Å². The van der Waals surface area contributed by atoms with Crippen LogP contribution in [-0.4, -0.2) is 128 Å². The molecule has 1 heterocycles. The topological polar surface area (TPSA) is 351 Å². The number of amides is 7. The zero-order valence-electron chi connectivity index (χ0n) is 43.7. The van der Waals surface area contributed by atoms with Gasteiger partial charge in [-0.3, -0.25) is 43.2 Å². The van der Waals surface area contributed by atoms with Crippen molar-refractivity contribution < 1.29 is 47.9 Å². The van der Waals surface area contributed by atoms with Gasteiger partial charge in [-0.25, -0.2) is 0 Å². The minimum atomic E-state index is -1.26. The number of carbonyl (C=O) groups is 9. The lowest BCUT2D eigenvalue weighted by Gasteiger charge is -2.27. The predicted octanol–water partition coefficient (Wildman–Crippen LogP) is 0.155. The van der Waals surface area contributed by atoms with E-state index in [1.165, 1.54) is 0 Å². The van der Waals surface area contributed by atoms with Crippen LogP contribution < -0.4 is 64.9 Å². The number of hydrogen-bond donors (Lipinski definition) is 11. The van der Waals surface area contributed by atoms with Crippen LogP contribution in [0, 0.1) is 23.7 Å². The number of hydrogen-bond acceptors (Lipinski definition) is 14. The second-order valence-corrected chi connectivity index (χ2v) is 19.8. The zero-order valence-corrected chi connectivity index (χ0v) is 43.7. The standard InChI is InChI=1S/C53H83N11O10/c1-33(2)28-37-32-46(66)40(18-23-55)60-48(68)36(31-45(65)39(17-22-54)59-47(67)16-11-27-74-38-14-9-6-10-15-38)21-26-58-50(70)43(29-34(3)4)64-52(72)42(20-25-57)61-51(71)41(19-24-56)62-53(73)44(63-49(37)69)30-35-12-7-5-8-13-35/h5-10,12-15,33-34,36-37,39-44H,11,16-32,54-57H2,1-4H3,(H,58,70)(H,59,67)(H,60,68)(H,61,71)(H,62,73)(H,63,69)(H,64,72)/t36-,37+,39-,40+,41+,42+,43+,44+/m1/s1. The maximum Gasteiger partial charge on any atom is 0.243 e. The summed E-state index contributed by atoms with van der Waals surface area (Å²) >= 11 is 0. The Morgan fingerprint density at radius 3 is 1.69 bits per heavy atom. The number of nitrogens with two attached hydrogens (primary N) is 4. The number of ether oxygens (including phenoxy) is 1. The molecule has 74 heavy (non-hydrogen) atoms. The van der Waals surface area contributed by atoms with Gasteiger partial charge in [-0.15, -0.1) is 0 Å². The van der Waals surface area contributed by atoms with E-state index in [9.17, 15) is 43.2 Å². The highest BCUT2D eigenvalue weighted by molar-refractivity contribution is 5.98. The van der Waals surface area contributed by atoms with Crippen LogP contribution in [0.4, 0.5) is 0 Å². The van der Waals surface area contributed by atoms with Crippen molar-refractivity contribution in [3.8, 4) is 5.75 Å². The van der Waals surface area contributed by atoms with Crippen LogP contribution in [-0.2, 0) is 49.6 Å². The summed E-state index contributed by atoms with van der Waals surface area (Å²) in [6, 6.07) is 10.8. The maximum absolute atomic E-state index is 14.4. The fourth-order valence-corrected chi connectivity index (χ4v) is 8.64. The average Bonchev–Trinajstić information content (AvgIpc) is 3.35. The van der Waals surface area contributed by atoms with Crippen LogP contribution in [0.25, 0.3) is 0 Å². The minimum Gasteiger partial charge on any atom is -0.494 e. The molecule has 0 unspecified atom stereocenters. The number of nitrogens with one attached hydrogen (secondary N) is 7. The Morgan fingerprint density at radius 2 is 1.12 bits per heavy atom. The molecule has 410 valence electrons. The van der Waals surface area contributed by atoms with Gasteiger partial charge in [-0.05, 0) is 107 Å². The summed E-state index contributed by atoms with van der Waals surface area (Å²) in [5, 5.41) is 19.3. The van der Waals surface area contributed by atoms with Crippen molar-refractivity contribution in [2.24, 2.45) is 46.6 Å². The van der Waals surface area contributed by atoms with Gasteiger partial charge in [-0.1, -0.05) is 76.2 Å². The maximum atomic E-state index is 14.4. The first-order valence-electron chi connectivity index (χ1n) is 26.1. The smallest absolute Gasteiger partial charge is 0.243 e. The van der Waals surface area contributed by atoms with Crippen molar-refractivity contribution in [2.75, 3.05) is 39.3 Å². The summed E-state index contributed by atoms with van der Waals surface area (Å²) in [6.45, 7) is 7.45. The molecule has 1 aliphatic heterocycles. The molecule has 2 aromatic carbocycles. The number of Topliss-reactive ketones (excluding diaryl/α,β-unsaturated/α-hetero) is 2. The van der Waals surface area contributed by atoms with Crippen LogP contribution in [0.5, 0.6) is 5.75 Å². The summed E-state index contributed by atoms with van der Waals surface area (Å²) < 4.78 is 5.70. The molecule has 8 atom stereocenters. The highest BCUT2D eigenvalue weighted by atomic mass is 16.5. The molecular formula is C53H83N11O10. The molecule has 0 aromatic heterocycles. The molecule has 7 amide bonds. The monoisotopic (exact) mass is 1030 g/mol. The quantitative estimate of drug-likeness (QED) is 0.0661. The highest BCUT2D eigenvalue weighted by Gasteiger charge is 2.36. The van der Waals surface area contributed by atoms with E-state index in [1.54, 1.807) is 42.5 Å². The summed E-state index contributed by atoms with van der Waals surface area (Å²) in [7, 11) is 0. The van der Waals surface area contributed by atoms with Gasteiger partial charge >= 0.3 is 0 Å². The highest BCUT2D eigenvalue weighted by Crippen LogP contribution is 2.21. The van der Waals surface area contributed by atoms with E-state index in [0.717, 1.165) is 0 Å². The van der Waals surface area contributed by atoms with Gasteiger partial charge in [-0.2, -0.15) is 0 Å². The molecule has 21 nitrogen and oxygen atoms in total. The van der Waals surface area contributed by atoms with Crippen molar-refractivity contribution in [3.05, 3.63) is 66.2 Å². The first kappa shape index (κ1) is 62.0. The summed E-state index contributed by atoms with van der Waals surface area (Å²) in [4.78, 5) is 126. The second-order valence-electron chi connectivity index (χ2n) is 19.8. The molecule has 1 saturated heterocycles. The van der Waals surface area contributed by atoms with Crippen molar-refractivity contribution in [1.29, 1.82) is 0 Å². The number of para-hydroxylation sites is 1. The minimum absolute atomic E-state index is 0.000723. The van der Waals surface area contributed by atoms with Crippen LogP contribution in [0.2, 0.25) is 0 Å². The first-order valence-corrected chi connectivity index (χ1v) is 26.1. The molecule has 0 saturated carbocycles. The Hall–Kier alpha value is -6.29. The molecule has 0 aliphatic carbocycles. The molecule has 3 rings (SSSR count). The van der Waals surface area contributed by atoms with Crippen LogP contribution in [0.3, 0.4) is 0 Å². The van der Waals surface area contributed by atoms with E-state index in [1.807, 2.05) is 45.9 Å². The Kier molecular flexibility index (Phi) is 28.1. The van der Waals surface area contributed by atoms with Gasteiger partial charge < -0.3 is 64.9 Å². The van der Waals surface area contributed by atoms with E-state index < -0.39 is 107 Å². The Bertz CT molecular complexity index is 2110. The number of ketones is 2. The molecule has 0 radical (unpaired) electrons. The Labute approximate surface area is 435 Å². The van der Waals surface area contributed by atoms with E-state index in [2.05, 4.69) is 37.2 Å². The number of benzene rings is 2. The third-order valence-corrected chi connectivity index (χ3v) is 12.5. The average molecular weight is 1030 g/mol. The fraction of sp³-hybridized carbons (Fsp3) is 0.604. The van der Waals surface area contributed by atoms with Crippen molar-refractivity contribution >= 4 is 52.9 Å². The van der Waals surface area contributed by atoms with Gasteiger partial charge in [0, 0.05) is 44.1 Å². The Morgan fingerprint density at radius 1 is 0.608 bits per heavy atom. The SMILES string of the molecule is CC(C)C[C@H]1CC(=O)[C@H](CCN)NC(=O)[C@@H](CC(=O)[C@@H](CCN)NC(=O)CCCOc2ccccc2)CCNC(=O)[C@H](CC(C)C)NC(=O)[C@H](CCN)NC(=O)[C@H](CCN)NC(=O)[C@H](Cc2ccccc2)NC1=O. The third-order valence-electron chi connectivity index (χ3n) is 12.5. The van der Waals surface area contributed by atoms with Gasteiger partial charge in [0.2, 0.25) is 41.4 Å². The van der Waals surface area contributed by atoms with E-state index >= 15 is 0 Å². The van der Waals surface area contributed by atoms with Gasteiger partial charge in [0.05, 0.1) is 18.7 Å². The lowest BCUT2D eigenvalue weighted by molar-refractivity contribution is -0.136. The molecule has 0 spiro atoms. The van der Waals surface area contributed by atoms with Crippen molar-refractivity contribution in [2.45, 2.75) is 141 Å². The lowest BCUT2D eigenvalue weighted by atomic mass is 9.88.